The van der Waals surface area contributed by atoms with Gasteiger partial charge in [-0.2, -0.15) is 0 Å². The topological polar surface area (TPSA) is 36.9 Å². The van der Waals surface area contributed by atoms with Gasteiger partial charge in [-0.15, -0.1) is 0 Å². The molecule has 0 bridgehead atoms. The minimum absolute atomic E-state index is 0.318. The maximum atomic E-state index is 5.75. The highest BCUT2D eigenvalue weighted by Crippen LogP contribution is 2.17. The van der Waals surface area contributed by atoms with Crippen LogP contribution < -0.4 is 14.2 Å². The third-order valence-electron chi connectivity index (χ3n) is 3.37. The maximum absolute atomic E-state index is 5.75. The van der Waals surface area contributed by atoms with Crippen molar-refractivity contribution in [1.82, 2.24) is 0 Å². The molecule has 2 aromatic rings. The second-order valence-corrected chi connectivity index (χ2v) is 5.08. The lowest BCUT2D eigenvalue weighted by molar-refractivity contribution is -0.0739. The van der Waals surface area contributed by atoms with Crippen LogP contribution in [0.5, 0.6) is 17.2 Å². The van der Waals surface area contributed by atoms with Crippen molar-refractivity contribution in [3.8, 4) is 17.2 Å². The lowest BCUT2D eigenvalue weighted by atomic mass is 10.2. The standard InChI is InChI=1S/C19H24O4/c1-4-16-6-5-7-19(14-16)23-15(2)21-12-13-22-18-10-8-17(20-3)9-11-18/h5-11,14-15H,4,12-13H2,1-3H3. The van der Waals surface area contributed by atoms with Crippen LogP contribution in [-0.4, -0.2) is 26.6 Å². The summed E-state index contributed by atoms with van der Waals surface area (Å²) >= 11 is 0. The van der Waals surface area contributed by atoms with Crippen LogP contribution in [0.4, 0.5) is 0 Å². The van der Waals surface area contributed by atoms with Crippen molar-refractivity contribution in [2.75, 3.05) is 20.3 Å². The quantitative estimate of drug-likeness (QED) is 0.516. The van der Waals surface area contributed by atoms with Gasteiger partial charge < -0.3 is 18.9 Å². The van der Waals surface area contributed by atoms with Crippen molar-refractivity contribution < 1.29 is 18.9 Å². The molecule has 0 aliphatic rings. The minimum atomic E-state index is -0.318. The van der Waals surface area contributed by atoms with Crippen LogP contribution >= 0.6 is 0 Å². The normalized spacial score (nSPS) is 11.8. The lowest BCUT2D eigenvalue weighted by Crippen LogP contribution is -2.19. The summed E-state index contributed by atoms with van der Waals surface area (Å²) in [7, 11) is 1.64. The molecule has 23 heavy (non-hydrogen) atoms. The van der Waals surface area contributed by atoms with Gasteiger partial charge in [-0.05, 0) is 55.3 Å². The van der Waals surface area contributed by atoms with E-state index in [-0.39, 0.29) is 6.29 Å². The van der Waals surface area contributed by atoms with Gasteiger partial charge in [0.25, 0.3) is 0 Å². The highest BCUT2D eigenvalue weighted by molar-refractivity contribution is 5.31. The SMILES string of the molecule is CCc1cccc(OC(C)OCCOc2ccc(OC)cc2)c1. The predicted octanol–water partition coefficient (Wildman–Crippen LogP) is 4.08. The molecule has 0 aliphatic carbocycles. The van der Waals surface area contributed by atoms with Gasteiger partial charge in [-0.3, -0.25) is 0 Å². The van der Waals surface area contributed by atoms with Crippen molar-refractivity contribution in [2.45, 2.75) is 26.6 Å². The average molecular weight is 316 g/mol. The third kappa shape index (κ3) is 5.83. The van der Waals surface area contributed by atoms with E-state index < -0.39 is 0 Å². The Hall–Kier alpha value is -2.20. The first-order valence-electron chi connectivity index (χ1n) is 7.85. The molecule has 1 atom stereocenters. The molecule has 0 amide bonds. The molecule has 0 saturated carbocycles. The van der Waals surface area contributed by atoms with E-state index in [1.807, 2.05) is 49.4 Å². The summed E-state index contributed by atoms with van der Waals surface area (Å²) < 4.78 is 22.1. The van der Waals surface area contributed by atoms with E-state index in [9.17, 15) is 0 Å². The summed E-state index contributed by atoms with van der Waals surface area (Å²) in [5.41, 5.74) is 1.25. The fourth-order valence-corrected chi connectivity index (χ4v) is 2.11. The van der Waals surface area contributed by atoms with Crippen molar-refractivity contribution in [3.05, 3.63) is 54.1 Å². The Bertz CT molecular complexity index is 580. The summed E-state index contributed by atoms with van der Waals surface area (Å²) in [5, 5.41) is 0. The molecule has 4 heteroatoms. The predicted molar refractivity (Wildman–Crippen MR) is 90.4 cm³/mol. The molecule has 1 unspecified atom stereocenters. The monoisotopic (exact) mass is 316 g/mol. The van der Waals surface area contributed by atoms with Crippen LogP contribution in [0.3, 0.4) is 0 Å². The highest BCUT2D eigenvalue weighted by atomic mass is 16.7. The minimum Gasteiger partial charge on any atom is -0.497 e. The summed E-state index contributed by atoms with van der Waals surface area (Å²) in [6.07, 6.45) is 0.670. The molecule has 0 saturated heterocycles. The van der Waals surface area contributed by atoms with E-state index in [2.05, 4.69) is 13.0 Å². The molecule has 0 fully saturated rings. The summed E-state index contributed by atoms with van der Waals surface area (Å²) in [6, 6.07) is 15.5. The zero-order valence-corrected chi connectivity index (χ0v) is 14.0. The number of benzene rings is 2. The number of aryl methyl sites for hydroxylation is 1. The molecule has 0 heterocycles. The van der Waals surface area contributed by atoms with Gasteiger partial charge in [-0.25, -0.2) is 0 Å². The Labute approximate surface area is 137 Å². The van der Waals surface area contributed by atoms with Crippen molar-refractivity contribution in [1.29, 1.82) is 0 Å². The fourth-order valence-electron chi connectivity index (χ4n) is 2.11. The Morgan fingerprint density at radius 3 is 2.35 bits per heavy atom. The molecule has 124 valence electrons. The number of ether oxygens (including phenoxy) is 4. The first-order chi connectivity index (χ1) is 11.2. The zero-order valence-electron chi connectivity index (χ0n) is 14.0. The Balaban J connectivity index is 1.68. The highest BCUT2D eigenvalue weighted by Gasteiger charge is 2.05. The number of hydrogen-bond donors (Lipinski definition) is 0. The number of rotatable bonds is 9. The Morgan fingerprint density at radius 1 is 0.913 bits per heavy atom. The van der Waals surface area contributed by atoms with Crippen molar-refractivity contribution in [3.63, 3.8) is 0 Å². The summed E-state index contributed by atoms with van der Waals surface area (Å²) in [5.74, 6) is 2.43. The molecular weight excluding hydrogens is 292 g/mol. The average Bonchev–Trinajstić information content (AvgIpc) is 2.59. The molecule has 2 rings (SSSR count). The second kappa shape index (κ2) is 9.06. The molecule has 0 radical (unpaired) electrons. The molecule has 0 aliphatic heterocycles. The van der Waals surface area contributed by atoms with Crippen LogP contribution in [0, 0.1) is 0 Å². The van der Waals surface area contributed by atoms with Crippen LogP contribution in [-0.2, 0) is 11.2 Å². The largest absolute Gasteiger partial charge is 0.497 e. The van der Waals surface area contributed by atoms with E-state index in [4.69, 9.17) is 18.9 Å². The molecule has 0 N–H and O–H groups in total. The van der Waals surface area contributed by atoms with E-state index in [0.717, 1.165) is 23.7 Å². The van der Waals surface area contributed by atoms with E-state index >= 15 is 0 Å². The lowest BCUT2D eigenvalue weighted by Gasteiger charge is -2.16. The molecule has 2 aromatic carbocycles. The van der Waals surface area contributed by atoms with E-state index in [1.54, 1.807) is 7.11 Å². The van der Waals surface area contributed by atoms with Gasteiger partial charge in [0, 0.05) is 0 Å². The first kappa shape index (κ1) is 17.2. The molecule has 0 spiro atoms. The van der Waals surface area contributed by atoms with Gasteiger partial charge in [-0.1, -0.05) is 19.1 Å². The molecule has 4 nitrogen and oxygen atoms in total. The van der Waals surface area contributed by atoms with Gasteiger partial charge >= 0.3 is 0 Å². The Morgan fingerprint density at radius 2 is 1.65 bits per heavy atom. The van der Waals surface area contributed by atoms with Crippen LogP contribution in [0.1, 0.15) is 19.4 Å². The maximum Gasteiger partial charge on any atom is 0.197 e. The molecule has 0 aromatic heterocycles. The van der Waals surface area contributed by atoms with Crippen LogP contribution in [0.25, 0.3) is 0 Å². The van der Waals surface area contributed by atoms with E-state index in [1.165, 1.54) is 5.56 Å². The number of hydrogen-bond acceptors (Lipinski definition) is 4. The van der Waals surface area contributed by atoms with Gasteiger partial charge in [0.2, 0.25) is 0 Å². The molecular formula is C19H24O4. The fraction of sp³-hybridized carbons (Fsp3) is 0.368. The third-order valence-corrected chi connectivity index (χ3v) is 3.37. The van der Waals surface area contributed by atoms with Gasteiger partial charge in [0.1, 0.15) is 23.9 Å². The first-order valence-corrected chi connectivity index (χ1v) is 7.85. The second-order valence-electron chi connectivity index (χ2n) is 5.08. The summed E-state index contributed by atoms with van der Waals surface area (Å²) in [4.78, 5) is 0. The van der Waals surface area contributed by atoms with E-state index in [0.29, 0.717) is 13.2 Å². The summed E-state index contributed by atoms with van der Waals surface area (Å²) in [6.45, 7) is 4.93. The Kier molecular flexibility index (Phi) is 6.76. The zero-order chi connectivity index (χ0) is 16.5. The van der Waals surface area contributed by atoms with Crippen LogP contribution in [0.2, 0.25) is 0 Å². The number of methoxy groups -OCH3 is 1. The van der Waals surface area contributed by atoms with Gasteiger partial charge in [0.05, 0.1) is 13.7 Å². The van der Waals surface area contributed by atoms with Crippen molar-refractivity contribution in [2.24, 2.45) is 0 Å². The van der Waals surface area contributed by atoms with Gasteiger partial charge in [0.15, 0.2) is 6.29 Å². The van der Waals surface area contributed by atoms with Crippen molar-refractivity contribution >= 4 is 0 Å². The van der Waals surface area contributed by atoms with Crippen LogP contribution in [0.15, 0.2) is 48.5 Å². The smallest absolute Gasteiger partial charge is 0.197 e.